The van der Waals surface area contributed by atoms with Crippen LogP contribution in [0.4, 0.5) is 17.1 Å². The van der Waals surface area contributed by atoms with E-state index in [4.69, 9.17) is 0 Å². The Hall–Kier alpha value is -2.16. The molecule has 7 heteroatoms. The fourth-order valence-corrected chi connectivity index (χ4v) is 1.98. The third kappa shape index (κ3) is 4.71. The van der Waals surface area contributed by atoms with Crippen molar-refractivity contribution >= 4 is 45.6 Å². The van der Waals surface area contributed by atoms with Crippen molar-refractivity contribution in [2.45, 2.75) is 0 Å². The highest BCUT2D eigenvalue weighted by molar-refractivity contribution is 14.1. The molecule has 2 aromatic rings. The molecule has 0 saturated heterocycles. The lowest BCUT2D eigenvalue weighted by Crippen LogP contribution is -2.21. The van der Waals surface area contributed by atoms with E-state index in [-0.39, 0.29) is 18.1 Å². The molecule has 108 valence electrons. The highest BCUT2D eigenvalue weighted by Gasteiger charge is 2.06. The molecule has 0 unspecified atom stereocenters. The molecule has 0 aromatic heterocycles. The second kappa shape index (κ2) is 7.02. The molecule has 0 saturated carbocycles. The highest BCUT2D eigenvalue weighted by atomic mass is 127. The van der Waals surface area contributed by atoms with Crippen LogP contribution in [0.15, 0.2) is 48.5 Å². The van der Waals surface area contributed by atoms with Crippen molar-refractivity contribution in [2.24, 2.45) is 0 Å². The Kier molecular flexibility index (Phi) is 5.09. The predicted octanol–water partition coefficient (Wildman–Crippen LogP) is 3.25. The van der Waals surface area contributed by atoms with E-state index < -0.39 is 4.92 Å². The molecule has 0 aliphatic rings. The minimum atomic E-state index is -0.482. The number of non-ortho nitro benzene ring substituents is 1. The topological polar surface area (TPSA) is 84.3 Å². The van der Waals surface area contributed by atoms with Gasteiger partial charge in [-0.15, -0.1) is 0 Å². The Bertz CT molecular complexity index is 642. The number of halogens is 1. The third-order valence-electron chi connectivity index (χ3n) is 2.66. The van der Waals surface area contributed by atoms with Crippen LogP contribution in [0.25, 0.3) is 0 Å². The molecule has 0 atom stereocenters. The summed E-state index contributed by atoms with van der Waals surface area (Å²) < 4.78 is 1.12. The van der Waals surface area contributed by atoms with E-state index >= 15 is 0 Å². The van der Waals surface area contributed by atoms with Gasteiger partial charge in [-0.3, -0.25) is 14.9 Å². The van der Waals surface area contributed by atoms with Crippen molar-refractivity contribution in [2.75, 3.05) is 17.2 Å². The van der Waals surface area contributed by atoms with Crippen molar-refractivity contribution in [3.05, 3.63) is 62.2 Å². The summed E-state index contributed by atoms with van der Waals surface area (Å²) in [6.07, 6.45) is 0. The Balaban J connectivity index is 1.86. The Labute approximate surface area is 134 Å². The molecule has 0 heterocycles. The van der Waals surface area contributed by atoms with Gasteiger partial charge in [0.25, 0.3) is 5.69 Å². The number of nitrogens with zero attached hydrogens (tertiary/aromatic N) is 1. The van der Waals surface area contributed by atoms with E-state index in [1.807, 2.05) is 24.3 Å². The zero-order chi connectivity index (χ0) is 15.2. The van der Waals surface area contributed by atoms with Gasteiger partial charge in [-0.2, -0.15) is 0 Å². The quantitative estimate of drug-likeness (QED) is 0.461. The van der Waals surface area contributed by atoms with Crippen LogP contribution in [0, 0.1) is 13.7 Å². The van der Waals surface area contributed by atoms with Crippen molar-refractivity contribution < 1.29 is 9.72 Å². The van der Waals surface area contributed by atoms with Crippen LogP contribution in [0.2, 0.25) is 0 Å². The van der Waals surface area contributed by atoms with E-state index in [1.165, 1.54) is 24.3 Å². The first-order chi connectivity index (χ1) is 10.0. The molecule has 2 N–H and O–H groups in total. The number of benzene rings is 2. The molecule has 0 aliphatic carbocycles. The van der Waals surface area contributed by atoms with E-state index in [0.29, 0.717) is 5.69 Å². The molecular weight excluding hydrogens is 385 g/mol. The Morgan fingerprint density at radius 3 is 2.19 bits per heavy atom. The van der Waals surface area contributed by atoms with Crippen molar-refractivity contribution in [1.82, 2.24) is 0 Å². The number of anilines is 2. The average Bonchev–Trinajstić information content (AvgIpc) is 2.47. The number of rotatable bonds is 5. The van der Waals surface area contributed by atoms with Crippen LogP contribution in [0.5, 0.6) is 0 Å². The maximum absolute atomic E-state index is 11.8. The smallest absolute Gasteiger partial charge is 0.269 e. The van der Waals surface area contributed by atoms with Gasteiger partial charge in [-0.25, -0.2) is 0 Å². The lowest BCUT2D eigenvalue weighted by atomic mass is 10.3. The standard InChI is InChI=1S/C14H12IN3O3/c15-10-1-3-11(4-2-10)16-9-14(19)17-12-5-7-13(8-6-12)18(20)21/h1-8,16H,9H2,(H,17,19). The number of nitro benzene ring substituents is 1. The first-order valence-electron chi connectivity index (χ1n) is 6.08. The van der Waals surface area contributed by atoms with Crippen LogP contribution in [0.3, 0.4) is 0 Å². The number of nitro groups is 1. The van der Waals surface area contributed by atoms with Gasteiger partial charge in [-0.1, -0.05) is 0 Å². The third-order valence-corrected chi connectivity index (χ3v) is 3.38. The Morgan fingerprint density at radius 1 is 1.05 bits per heavy atom. The van der Waals surface area contributed by atoms with Gasteiger partial charge in [0.05, 0.1) is 11.5 Å². The van der Waals surface area contributed by atoms with E-state index in [1.54, 1.807) is 0 Å². The number of amides is 1. The highest BCUT2D eigenvalue weighted by Crippen LogP contribution is 2.15. The number of hydrogen-bond donors (Lipinski definition) is 2. The molecule has 21 heavy (non-hydrogen) atoms. The summed E-state index contributed by atoms with van der Waals surface area (Å²) in [6, 6.07) is 13.4. The van der Waals surface area contributed by atoms with Gasteiger partial charge < -0.3 is 10.6 Å². The summed E-state index contributed by atoms with van der Waals surface area (Å²) in [6.45, 7) is 0.123. The zero-order valence-corrected chi connectivity index (χ0v) is 13.0. The normalized spacial score (nSPS) is 9.95. The fourth-order valence-electron chi connectivity index (χ4n) is 1.62. The lowest BCUT2D eigenvalue weighted by Gasteiger charge is -2.07. The summed E-state index contributed by atoms with van der Waals surface area (Å²) >= 11 is 2.21. The number of carbonyl (C=O) groups excluding carboxylic acids is 1. The maximum atomic E-state index is 11.8. The molecule has 6 nitrogen and oxygen atoms in total. The van der Waals surface area contributed by atoms with Crippen LogP contribution < -0.4 is 10.6 Å². The van der Waals surface area contributed by atoms with Crippen LogP contribution in [0.1, 0.15) is 0 Å². The largest absolute Gasteiger partial charge is 0.376 e. The molecule has 0 bridgehead atoms. The SMILES string of the molecule is O=C(CNc1ccc(I)cc1)Nc1ccc([N+](=O)[O-])cc1. The summed E-state index contributed by atoms with van der Waals surface area (Å²) in [5, 5.41) is 16.2. The average molecular weight is 397 g/mol. The molecule has 0 aliphatic heterocycles. The predicted molar refractivity (Wildman–Crippen MR) is 89.4 cm³/mol. The Morgan fingerprint density at radius 2 is 1.62 bits per heavy atom. The lowest BCUT2D eigenvalue weighted by molar-refractivity contribution is -0.384. The first kappa shape index (κ1) is 15.2. The molecule has 0 spiro atoms. The summed E-state index contributed by atoms with van der Waals surface area (Å²) in [5.74, 6) is -0.220. The van der Waals surface area contributed by atoms with Gasteiger partial charge in [-0.05, 0) is 59.0 Å². The zero-order valence-electron chi connectivity index (χ0n) is 10.9. The van der Waals surface area contributed by atoms with Gasteiger partial charge in [0.15, 0.2) is 0 Å². The maximum Gasteiger partial charge on any atom is 0.269 e. The van der Waals surface area contributed by atoms with Gasteiger partial charge in [0.1, 0.15) is 0 Å². The van der Waals surface area contributed by atoms with Crippen molar-refractivity contribution in [1.29, 1.82) is 0 Å². The van der Waals surface area contributed by atoms with Crippen LogP contribution >= 0.6 is 22.6 Å². The molecule has 2 aromatic carbocycles. The summed E-state index contributed by atoms with van der Waals surface area (Å²) in [5.41, 5.74) is 1.37. The second-order valence-corrected chi connectivity index (χ2v) is 5.46. The number of nitrogens with one attached hydrogen (secondary N) is 2. The van der Waals surface area contributed by atoms with E-state index in [0.717, 1.165) is 9.26 Å². The molecule has 0 radical (unpaired) electrons. The molecule has 1 amide bonds. The number of hydrogen-bond acceptors (Lipinski definition) is 4. The van der Waals surface area contributed by atoms with E-state index in [2.05, 4.69) is 33.2 Å². The first-order valence-corrected chi connectivity index (χ1v) is 7.16. The molecule has 0 fully saturated rings. The van der Waals surface area contributed by atoms with Crippen molar-refractivity contribution in [3.63, 3.8) is 0 Å². The fraction of sp³-hybridized carbons (Fsp3) is 0.0714. The van der Waals surface area contributed by atoms with Crippen LogP contribution in [-0.4, -0.2) is 17.4 Å². The minimum absolute atomic E-state index is 0.00925. The summed E-state index contributed by atoms with van der Waals surface area (Å²) in [7, 11) is 0. The molecule has 2 rings (SSSR count). The summed E-state index contributed by atoms with van der Waals surface area (Å²) in [4.78, 5) is 21.8. The second-order valence-electron chi connectivity index (χ2n) is 4.21. The van der Waals surface area contributed by atoms with E-state index in [9.17, 15) is 14.9 Å². The number of carbonyl (C=O) groups is 1. The van der Waals surface area contributed by atoms with Crippen LogP contribution in [-0.2, 0) is 4.79 Å². The monoisotopic (exact) mass is 397 g/mol. The van der Waals surface area contributed by atoms with Gasteiger partial charge in [0, 0.05) is 27.1 Å². The minimum Gasteiger partial charge on any atom is -0.376 e. The van der Waals surface area contributed by atoms with Crippen molar-refractivity contribution in [3.8, 4) is 0 Å². The molecular formula is C14H12IN3O3. The van der Waals surface area contributed by atoms with Gasteiger partial charge >= 0.3 is 0 Å². The van der Waals surface area contributed by atoms with Gasteiger partial charge in [0.2, 0.25) is 5.91 Å².